The molecule has 3 nitrogen and oxygen atoms in total. The molecule has 0 unspecified atom stereocenters. The first-order valence-corrected chi connectivity index (χ1v) is 7.20. The van der Waals surface area contributed by atoms with E-state index in [9.17, 15) is 4.79 Å². The van der Waals surface area contributed by atoms with Crippen LogP contribution in [0.5, 0.6) is 5.75 Å². The predicted octanol–water partition coefficient (Wildman–Crippen LogP) is 4.20. The van der Waals surface area contributed by atoms with E-state index in [0.29, 0.717) is 24.7 Å². The van der Waals surface area contributed by atoms with Crippen molar-refractivity contribution in [2.45, 2.75) is 47.0 Å². The number of benzene rings is 1. The van der Waals surface area contributed by atoms with E-state index < -0.39 is 0 Å². The molecule has 0 saturated heterocycles. The standard InChI is InChI=1S/C17H26O3/c1-7-19-16(18)13-8-9-15(20-11-12(2)3)14(10-13)17(4,5)6/h8-10,12H,7,11H2,1-6H3. The van der Waals surface area contributed by atoms with Gasteiger partial charge in [0.05, 0.1) is 18.8 Å². The summed E-state index contributed by atoms with van der Waals surface area (Å²) >= 11 is 0. The Morgan fingerprint density at radius 3 is 2.40 bits per heavy atom. The summed E-state index contributed by atoms with van der Waals surface area (Å²) in [5.41, 5.74) is 1.52. The molecule has 1 rings (SSSR count). The maximum atomic E-state index is 11.8. The minimum absolute atomic E-state index is 0.0885. The van der Waals surface area contributed by atoms with E-state index in [1.54, 1.807) is 6.07 Å². The second-order valence-corrected chi connectivity index (χ2v) is 6.39. The highest BCUT2D eigenvalue weighted by atomic mass is 16.5. The van der Waals surface area contributed by atoms with Crippen LogP contribution in [0.4, 0.5) is 0 Å². The Morgan fingerprint density at radius 2 is 1.90 bits per heavy atom. The third kappa shape index (κ3) is 4.55. The smallest absolute Gasteiger partial charge is 0.338 e. The molecule has 20 heavy (non-hydrogen) atoms. The third-order valence-corrected chi connectivity index (χ3v) is 2.87. The van der Waals surface area contributed by atoms with E-state index >= 15 is 0 Å². The van der Waals surface area contributed by atoms with Gasteiger partial charge in [0, 0.05) is 5.56 Å². The lowest BCUT2D eigenvalue weighted by Gasteiger charge is -2.24. The van der Waals surface area contributed by atoms with Crippen molar-refractivity contribution in [1.29, 1.82) is 0 Å². The molecule has 0 amide bonds. The molecule has 112 valence electrons. The lowest BCUT2D eigenvalue weighted by Crippen LogP contribution is -2.16. The number of carbonyl (C=O) groups is 1. The molecule has 0 N–H and O–H groups in total. The third-order valence-electron chi connectivity index (χ3n) is 2.87. The van der Waals surface area contributed by atoms with Gasteiger partial charge in [0.25, 0.3) is 0 Å². The quantitative estimate of drug-likeness (QED) is 0.757. The number of esters is 1. The highest BCUT2D eigenvalue weighted by Gasteiger charge is 2.21. The molecule has 0 bridgehead atoms. The Bertz CT molecular complexity index is 456. The second kappa shape index (κ2) is 6.78. The van der Waals surface area contributed by atoms with Crippen molar-refractivity contribution < 1.29 is 14.3 Å². The monoisotopic (exact) mass is 278 g/mol. The molecule has 0 aromatic heterocycles. The van der Waals surface area contributed by atoms with Crippen LogP contribution in [0.3, 0.4) is 0 Å². The first kappa shape index (κ1) is 16.5. The Kier molecular flexibility index (Phi) is 5.61. The molecule has 0 fully saturated rings. The Morgan fingerprint density at radius 1 is 1.25 bits per heavy atom. The largest absolute Gasteiger partial charge is 0.493 e. The normalized spacial score (nSPS) is 11.6. The fourth-order valence-corrected chi connectivity index (χ4v) is 1.84. The fourth-order valence-electron chi connectivity index (χ4n) is 1.84. The zero-order valence-corrected chi connectivity index (χ0v) is 13.4. The summed E-state index contributed by atoms with van der Waals surface area (Å²) in [6, 6.07) is 5.52. The van der Waals surface area contributed by atoms with Crippen LogP contribution in [-0.4, -0.2) is 19.2 Å². The van der Waals surface area contributed by atoms with E-state index in [1.165, 1.54) is 0 Å². The Balaban J connectivity index is 3.10. The summed E-state index contributed by atoms with van der Waals surface area (Å²) in [4.78, 5) is 11.8. The molecule has 0 aliphatic rings. The molecule has 3 heteroatoms. The first-order valence-electron chi connectivity index (χ1n) is 7.20. The van der Waals surface area contributed by atoms with E-state index in [4.69, 9.17) is 9.47 Å². The van der Waals surface area contributed by atoms with Crippen LogP contribution in [0.15, 0.2) is 18.2 Å². The molecule has 0 spiro atoms. The summed E-state index contributed by atoms with van der Waals surface area (Å²) in [5, 5.41) is 0. The van der Waals surface area contributed by atoms with Gasteiger partial charge in [-0.25, -0.2) is 4.79 Å². The van der Waals surface area contributed by atoms with E-state index in [2.05, 4.69) is 34.6 Å². The Labute approximate surface area is 122 Å². The van der Waals surface area contributed by atoms with Crippen LogP contribution < -0.4 is 4.74 Å². The lowest BCUT2D eigenvalue weighted by molar-refractivity contribution is 0.0526. The van der Waals surface area contributed by atoms with Gasteiger partial charge in [0.15, 0.2) is 0 Å². The van der Waals surface area contributed by atoms with Crippen LogP contribution in [0.25, 0.3) is 0 Å². The zero-order valence-electron chi connectivity index (χ0n) is 13.4. The topological polar surface area (TPSA) is 35.5 Å². The summed E-state index contributed by atoms with van der Waals surface area (Å²) in [7, 11) is 0. The summed E-state index contributed by atoms with van der Waals surface area (Å²) in [6.45, 7) is 13.4. The minimum atomic E-state index is -0.284. The molecule has 0 saturated carbocycles. The minimum Gasteiger partial charge on any atom is -0.493 e. The van der Waals surface area contributed by atoms with Gasteiger partial charge in [-0.3, -0.25) is 0 Å². The van der Waals surface area contributed by atoms with Gasteiger partial charge in [-0.2, -0.15) is 0 Å². The van der Waals surface area contributed by atoms with E-state index in [1.807, 2.05) is 19.1 Å². The van der Waals surface area contributed by atoms with Gasteiger partial charge in [-0.1, -0.05) is 34.6 Å². The van der Waals surface area contributed by atoms with Gasteiger partial charge in [-0.05, 0) is 36.5 Å². The molecule has 0 atom stereocenters. The number of ether oxygens (including phenoxy) is 2. The van der Waals surface area contributed by atoms with Crippen LogP contribution in [-0.2, 0) is 10.2 Å². The molecule has 0 aliphatic heterocycles. The van der Waals surface area contributed by atoms with E-state index in [0.717, 1.165) is 11.3 Å². The lowest BCUT2D eigenvalue weighted by atomic mass is 9.85. The summed E-state index contributed by atoms with van der Waals surface area (Å²) in [5.74, 6) is 1.03. The fraction of sp³-hybridized carbons (Fsp3) is 0.588. The van der Waals surface area contributed by atoms with Crippen molar-refractivity contribution in [3.05, 3.63) is 29.3 Å². The highest BCUT2D eigenvalue weighted by molar-refractivity contribution is 5.90. The maximum absolute atomic E-state index is 11.8. The summed E-state index contributed by atoms with van der Waals surface area (Å²) < 4.78 is 10.9. The molecular formula is C17H26O3. The van der Waals surface area contributed by atoms with E-state index in [-0.39, 0.29) is 11.4 Å². The average molecular weight is 278 g/mol. The van der Waals surface area contributed by atoms with Crippen molar-refractivity contribution in [2.75, 3.05) is 13.2 Å². The van der Waals surface area contributed by atoms with Crippen molar-refractivity contribution in [3.63, 3.8) is 0 Å². The SMILES string of the molecule is CCOC(=O)c1ccc(OCC(C)C)c(C(C)(C)C)c1. The molecule has 1 aromatic carbocycles. The van der Waals surface area contributed by atoms with Crippen LogP contribution in [0.2, 0.25) is 0 Å². The van der Waals surface area contributed by atoms with Crippen molar-refractivity contribution in [2.24, 2.45) is 5.92 Å². The molecule has 1 aromatic rings. The average Bonchev–Trinajstić information content (AvgIpc) is 2.35. The molecular weight excluding hydrogens is 252 g/mol. The molecule has 0 heterocycles. The number of hydrogen-bond donors (Lipinski definition) is 0. The van der Waals surface area contributed by atoms with Crippen molar-refractivity contribution in [3.8, 4) is 5.75 Å². The van der Waals surface area contributed by atoms with Gasteiger partial charge in [0.1, 0.15) is 5.75 Å². The van der Waals surface area contributed by atoms with Gasteiger partial charge >= 0.3 is 5.97 Å². The van der Waals surface area contributed by atoms with Crippen LogP contribution >= 0.6 is 0 Å². The first-order chi connectivity index (χ1) is 9.25. The van der Waals surface area contributed by atoms with Crippen LogP contribution in [0, 0.1) is 5.92 Å². The maximum Gasteiger partial charge on any atom is 0.338 e. The van der Waals surface area contributed by atoms with Gasteiger partial charge in [0.2, 0.25) is 0 Å². The Hall–Kier alpha value is -1.51. The van der Waals surface area contributed by atoms with Crippen molar-refractivity contribution in [1.82, 2.24) is 0 Å². The van der Waals surface area contributed by atoms with Crippen LogP contribution in [0.1, 0.15) is 57.5 Å². The van der Waals surface area contributed by atoms with Crippen molar-refractivity contribution >= 4 is 5.97 Å². The number of rotatable bonds is 5. The molecule has 0 radical (unpaired) electrons. The predicted molar refractivity (Wildman–Crippen MR) is 81.4 cm³/mol. The number of carbonyl (C=O) groups excluding carboxylic acids is 1. The van der Waals surface area contributed by atoms with Gasteiger partial charge in [-0.15, -0.1) is 0 Å². The van der Waals surface area contributed by atoms with Gasteiger partial charge < -0.3 is 9.47 Å². The zero-order chi connectivity index (χ0) is 15.3. The summed E-state index contributed by atoms with van der Waals surface area (Å²) in [6.07, 6.45) is 0. The molecule has 0 aliphatic carbocycles. The second-order valence-electron chi connectivity index (χ2n) is 6.39. The highest BCUT2D eigenvalue weighted by Crippen LogP contribution is 2.32. The number of hydrogen-bond acceptors (Lipinski definition) is 3.